The number of β-amino-alcohol motifs (C(OH)–C–C–N with tert-alkyl or cyclic N) is 1. The largest absolute Gasteiger partial charge is 0.388 e. The summed E-state index contributed by atoms with van der Waals surface area (Å²) in [6.45, 7) is 5.36. The molecule has 2 aromatic heterocycles. The zero-order valence-electron chi connectivity index (χ0n) is 13.3. The molecule has 1 fully saturated rings. The highest BCUT2D eigenvalue weighted by Gasteiger charge is 2.35. The lowest BCUT2D eigenvalue weighted by Crippen LogP contribution is -2.50. The molecule has 0 spiro atoms. The number of aryl methyl sites for hydroxylation is 3. The summed E-state index contributed by atoms with van der Waals surface area (Å²) in [4.78, 5) is 11.0. The lowest BCUT2D eigenvalue weighted by atomic mass is 9.89. The smallest absolute Gasteiger partial charge is 0.225 e. The molecule has 1 aliphatic heterocycles. The minimum atomic E-state index is -0.818. The van der Waals surface area contributed by atoms with Gasteiger partial charge in [-0.15, -0.1) is 10.2 Å². The Labute approximate surface area is 130 Å². The predicted molar refractivity (Wildman–Crippen MR) is 82.6 cm³/mol. The summed E-state index contributed by atoms with van der Waals surface area (Å²) in [6, 6.07) is 0. The monoisotopic (exact) mass is 302 g/mol. The first-order valence-electron chi connectivity index (χ1n) is 7.57. The highest BCUT2D eigenvalue weighted by Crippen LogP contribution is 2.27. The molecule has 0 radical (unpaired) electrons. The predicted octanol–water partition coefficient (Wildman–Crippen LogP) is 0.796. The van der Waals surface area contributed by atoms with Gasteiger partial charge >= 0.3 is 0 Å². The van der Waals surface area contributed by atoms with Crippen molar-refractivity contribution in [3.05, 3.63) is 29.6 Å². The molecule has 3 heterocycles. The van der Waals surface area contributed by atoms with Crippen LogP contribution in [-0.2, 0) is 13.5 Å². The minimum absolute atomic E-state index is 0.491. The molecule has 0 amide bonds. The number of hydrogen-bond donors (Lipinski definition) is 1. The van der Waals surface area contributed by atoms with Crippen molar-refractivity contribution >= 4 is 5.95 Å². The van der Waals surface area contributed by atoms with Gasteiger partial charge in [-0.05, 0) is 32.3 Å². The van der Waals surface area contributed by atoms with Gasteiger partial charge in [0.05, 0.1) is 12.1 Å². The average Bonchev–Trinajstić information content (AvgIpc) is 2.86. The van der Waals surface area contributed by atoms with Crippen LogP contribution in [0.4, 0.5) is 5.95 Å². The van der Waals surface area contributed by atoms with Gasteiger partial charge in [0.25, 0.3) is 0 Å². The third-order valence-corrected chi connectivity index (χ3v) is 4.34. The van der Waals surface area contributed by atoms with Crippen LogP contribution < -0.4 is 4.90 Å². The molecule has 1 atom stereocenters. The second-order valence-electron chi connectivity index (χ2n) is 6.22. The van der Waals surface area contributed by atoms with Gasteiger partial charge in [0.2, 0.25) is 5.95 Å². The van der Waals surface area contributed by atoms with Crippen LogP contribution in [0.3, 0.4) is 0 Å². The molecule has 118 valence electrons. The number of aromatic nitrogens is 5. The Morgan fingerprint density at radius 3 is 2.86 bits per heavy atom. The third-order valence-electron chi connectivity index (χ3n) is 4.34. The quantitative estimate of drug-likeness (QED) is 0.903. The first-order valence-corrected chi connectivity index (χ1v) is 7.57. The molecule has 7 nitrogen and oxygen atoms in total. The second-order valence-corrected chi connectivity index (χ2v) is 6.22. The van der Waals surface area contributed by atoms with Gasteiger partial charge in [-0.1, -0.05) is 0 Å². The van der Waals surface area contributed by atoms with Gasteiger partial charge in [0, 0.05) is 31.9 Å². The minimum Gasteiger partial charge on any atom is -0.388 e. The molecule has 0 bridgehead atoms. The Hall–Kier alpha value is -2.02. The van der Waals surface area contributed by atoms with E-state index in [-0.39, 0.29) is 0 Å². The molecule has 3 rings (SSSR count). The first kappa shape index (κ1) is 14.9. The van der Waals surface area contributed by atoms with Gasteiger partial charge in [0.1, 0.15) is 12.2 Å². The SMILES string of the molecule is Cc1cnc(N2CCCC(O)(Cc3nncn3C)C2)nc1C. The van der Waals surface area contributed by atoms with Crippen LogP contribution in [0.25, 0.3) is 0 Å². The average molecular weight is 302 g/mol. The van der Waals surface area contributed by atoms with Crippen molar-refractivity contribution in [1.29, 1.82) is 0 Å². The molecule has 2 aromatic rings. The maximum atomic E-state index is 10.9. The van der Waals surface area contributed by atoms with Crippen LogP contribution in [0.5, 0.6) is 0 Å². The number of hydrogen-bond acceptors (Lipinski definition) is 6. The van der Waals surface area contributed by atoms with Crippen LogP contribution in [0, 0.1) is 13.8 Å². The van der Waals surface area contributed by atoms with Crippen molar-refractivity contribution in [3.8, 4) is 0 Å². The molecule has 7 heteroatoms. The second kappa shape index (κ2) is 5.64. The van der Waals surface area contributed by atoms with Crippen molar-refractivity contribution in [2.75, 3.05) is 18.0 Å². The summed E-state index contributed by atoms with van der Waals surface area (Å²) in [7, 11) is 1.89. The molecule has 1 unspecified atom stereocenters. The van der Waals surface area contributed by atoms with Crippen LogP contribution >= 0.6 is 0 Å². The maximum absolute atomic E-state index is 10.9. The Bertz CT molecular complexity index is 670. The van der Waals surface area contributed by atoms with Crippen LogP contribution in [0.15, 0.2) is 12.5 Å². The Balaban J connectivity index is 1.78. The van der Waals surface area contributed by atoms with Crippen molar-refractivity contribution in [2.24, 2.45) is 7.05 Å². The van der Waals surface area contributed by atoms with E-state index in [1.165, 1.54) is 0 Å². The highest BCUT2D eigenvalue weighted by molar-refractivity contribution is 5.34. The zero-order valence-corrected chi connectivity index (χ0v) is 13.3. The Morgan fingerprint density at radius 1 is 1.36 bits per heavy atom. The third kappa shape index (κ3) is 2.94. The van der Waals surface area contributed by atoms with E-state index in [1.807, 2.05) is 31.7 Å². The van der Waals surface area contributed by atoms with Gasteiger partial charge in [-0.25, -0.2) is 9.97 Å². The van der Waals surface area contributed by atoms with Gasteiger partial charge in [-0.3, -0.25) is 0 Å². The van der Waals surface area contributed by atoms with Crippen molar-refractivity contribution in [2.45, 2.75) is 38.7 Å². The van der Waals surface area contributed by atoms with Crippen LogP contribution in [0.1, 0.15) is 29.9 Å². The molecule has 1 saturated heterocycles. The lowest BCUT2D eigenvalue weighted by Gasteiger charge is -2.39. The Morgan fingerprint density at radius 2 is 2.18 bits per heavy atom. The first-order chi connectivity index (χ1) is 10.5. The van der Waals surface area contributed by atoms with Gasteiger partial charge < -0.3 is 14.6 Å². The van der Waals surface area contributed by atoms with E-state index in [4.69, 9.17) is 0 Å². The number of piperidine rings is 1. The molecule has 0 saturated carbocycles. The zero-order chi connectivity index (χ0) is 15.7. The van der Waals surface area contributed by atoms with Crippen LogP contribution in [-0.4, -0.2) is 48.5 Å². The van der Waals surface area contributed by atoms with E-state index in [0.29, 0.717) is 18.9 Å². The molecule has 1 N–H and O–H groups in total. The number of nitrogens with zero attached hydrogens (tertiary/aromatic N) is 6. The fourth-order valence-corrected chi connectivity index (χ4v) is 2.86. The molecule has 22 heavy (non-hydrogen) atoms. The molecule has 1 aliphatic rings. The van der Waals surface area contributed by atoms with E-state index in [9.17, 15) is 5.11 Å². The van der Waals surface area contributed by atoms with E-state index < -0.39 is 5.60 Å². The lowest BCUT2D eigenvalue weighted by molar-refractivity contribution is 0.0234. The number of anilines is 1. The molecule has 0 aromatic carbocycles. The fraction of sp³-hybridized carbons (Fsp3) is 0.600. The summed E-state index contributed by atoms with van der Waals surface area (Å²) in [5.74, 6) is 1.49. The normalized spacial score (nSPS) is 22.1. The number of rotatable bonds is 3. The molecular weight excluding hydrogens is 280 g/mol. The summed E-state index contributed by atoms with van der Waals surface area (Å²) >= 11 is 0. The van der Waals surface area contributed by atoms with Gasteiger partial charge in [-0.2, -0.15) is 0 Å². The van der Waals surface area contributed by atoms with E-state index in [0.717, 1.165) is 36.5 Å². The maximum Gasteiger partial charge on any atom is 0.225 e. The van der Waals surface area contributed by atoms with Crippen molar-refractivity contribution < 1.29 is 5.11 Å². The summed E-state index contributed by atoms with van der Waals surface area (Å²) < 4.78 is 1.85. The van der Waals surface area contributed by atoms with Crippen molar-refractivity contribution in [1.82, 2.24) is 24.7 Å². The fourth-order valence-electron chi connectivity index (χ4n) is 2.86. The number of aliphatic hydroxyl groups is 1. The summed E-state index contributed by atoms with van der Waals surface area (Å²) in [5.41, 5.74) is 1.24. The molecule has 0 aliphatic carbocycles. The summed E-state index contributed by atoms with van der Waals surface area (Å²) in [6.07, 6.45) is 5.65. The summed E-state index contributed by atoms with van der Waals surface area (Å²) in [5, 5.41) is 18.9. The van der Waals surface area contributed by atoms with E-state index >= 15 is 0 Å². The van der Waals surface area contributed by atoms with E-state index in [2.05, 4.69) is 25.1 Å². The van der Waals surface area contributed by atoms with E-state index in [1.54, 1.807) is 6.33 Å². The van der Waals surface area contributed by atoms with Crippen LogP contribution in [0.2, 0.25) is 0 Å². The highest BCUT2D eigenvalue weighted by atomic mass is 16.3. The Kier molecular flexibility index (Phi) is 3.82. The van der Waals surface area contributed by atoms with Gasteiger partial charge in [0.15, 0.2) is 0 Å². The molecular formula is C15H22N6O. The standard InChI is InChI=1S/C15H22N6O/c1-11-8-16-14(18-12(11)2)21-6-4-5-15(22,9-21)7-13-19-17-10-20(13)3/h8,10,22H,4-7,9H2,1-3H3. The topological polar surface area (TPSA) is 80.0 Å². The van der Waals surface area contributed by atoms with Crippen molar-refractivity contribution in [3.63, 3.8) is 0 Å².